The molecule has 0 spiro atoms. The van der Waals surface area contributed by atoms with Crippen LogP contribution in [0.5, 0.6) is 0 Å². The third-order valence-corrected chi connectivity index (χ3v) is 3.07. The van der Waals surface area contributed by atoms with E-state index >= 15 is 0 Å². The molecular formula is C10H20FN. The van der Waals surface area contributed by atoms with Gasteiger partial charge in [-0.3, -0.25) is 4.39 Å². The molecule has 2 heteroatoms. The molecule has 2 N–H and O–H groups in total. The Morgan fingerprint density at radius 3 is 2.17 bits per heavy atom. The minimum Gasteiger partial charge on any atom is -0.330 e. The molecule has 72 valence electrons. The molecule has 1 nitrogen and oxygen atoms in total. The zero-order chi connectivity index (χ0) is 8.81. The summed E-state index contributed by atoms with van der Waals surface area (Å²) in [7, 11) is 0. The Labute approximate surface area is 74.5 Å². The van der Waals surface area contributed by atoms with Crippen LogP contribution in [-0.4, -0.2) is 13.2 Å². The van der Waals surface area contributed by atoms with Crippen molar-refractivity contribution >= 4 is 0 Å². The average Bonchev–Trinajstić information content (AvgIpc) is 2.35. The van der Waals surface area contributed by atoms with Crippen LogP contribution in [-0.2, 0) is 0 Å². The Morgan fingerprint density at radius 2 is 1.75 bits per heavy atom. The van der Waals surface area contributed by atoms with Crippen molar-refractivity contribution < 1.29 is 4.39 Å². The zero-order valence-electron chi connectivity index (χ0n) is 7.77. The standard InChI is InChI=1S/C10H20FN/c11-7-10(8-12)9-5-3-1-2-4-6-9/h9-10H,1-8,12H2. The molecule has 0 amide bonds. The second kappa shape index (κ2) is 5.52. The van der Waals surface area contributed by atoms with Gasteiger partial charge in [0, 0.05) is 5.92 Å². The summed E-state index contributed by atoms with van der Waals surface area (Å²) in [5.41, 5.74) is 5.53. The molecule has 1 aliphatic rings. The molecule has 0 saturated heterocycles. The Bertz CT molecular complexity index is 104. The Hall–Kier alpha value is -0.110. The molecule has 0 heterocycles. The van der Waals surface area contributed by atoms with Crippen LogP contribution >= 0.6 is 0 Å². The van der Waals surface area contributed by atoms with Gasteiger partial charge in [0.05, 0.1) is 6.67 Å². The van der Waals surface area contributed by atoms with E-state index in [1.807, 2.05) is 0 Å². The lowest BCUT2D eigenvalue weighted by Crippen LogP contribution is -2.25. The topological polar surface area (TPSA) is 26.0 Å². The fraction of sp³-hybridized carbons (Fsp3) is 1.00. The molecule has 1 aliphatic carbocycles. The lowest BCUT2D eigenvalue weighted by molar-refractivity contribution is 0.244. The smallest absolute Gasteiger partial charge is 0.0937 e. The highest BCUT2D eigenvalue weighted by Gasteiger charge is 2.20. The van der Waals surface area contributed by atoms with E-state index in [1.54, 1.807) is 0 Å². The highest BCUT2D eigenvalue weighted by Crippen LogP contribution is 2.28. The van der Waals surface area contributed by atoms with Crippen molar-refractivity contribution in [3.63, 3.8) is 0 Å². The SMILES string of the molecule is NCC(CF)C1CCCCCC1. The van der Waals surface area contributed by atoms with E-state index in [1.165, 1.54) is 38.5 Å². The summed E-state index contributed by atoms with van der Waals surface area (Å²) in [4.78, 5) is 0. The quantitative estimate of drug-likeness (QED) is 0.652. The van der Waals surface area contributed by atoms with Gasteiger partial charge in [-0.2, -0.15) is 0 Å². The monoisotopic (exact) mass is 173 g/mol. The maximum absolute atomic E-state index is 12.5. The molecule has 0 radical (unpaired) electrons. The molecule has 12 heavy (non-hydrogen) atoms. The second-order valence-electron chi connectivity index (χ2n) is 3.90. The molecule has 1 unspecified atom stereocenters. The molecule has 0 bridgehead atoms. The molecule has 1 atom stereocenters. The van der Waals surface area contributed by atoms with Crippen LogP contribution in [0.3, 0.4) is 0 Å². The first-order chi connectivity index (χ1) is 5.88. The van der Waals surface area contributed by atoms with Crippen LogP contribution in [0.4, 0.5) is 4.39 Å². The van der Waals surface area contributed by atoms with E-state index in [2.05, 4.69) is 0 Å². The molecule has 0 aromatic carbocycles. The number of nitrogens with two attached hydrogens (primary N) is 1. The largest absolute Gasteiger partial charge is 0.330 e. The average molecular weight is 173 g/mol. The van der Waals surface area contributed by atoms with Gasteiger partial charge in [0.15, 0.2) is 0 Å². The van der Waals surface area contributed by atoms with E-state index < -0.39 is 0 Å². The van der Waals surface area contributed by atoms with Crippen molar-refractivity contribution in [3.05, 3.63) is 0 Å². The van der Waals surface area contributed by atoms with Gasteiger partial charge in [-0.1, -0.05) is 38.5 Å². The van der Waals surface area contributed by atoms with Crippen LogP contribution in [0.1, 0.15) is 38.5 Å². The summed E-state index contributed by atoms with van der Waals surface area (Å²) in [5, 5.41) is 0. The Morgan fingerprint density at radius 1 is 1.17 bits per heavy atom. The highest BCUT2D eigenvalue weighted by molar-refractivity contribution is 4.73. The molecule has 0 aromatic rings. The molecular weight excluding hydrogens is 153 g/mol. The first-order valence-corrected chi connectivity index (χ1v) is 5.14. The van der Waals surface area contributed by atoms with Crippen molar-refractivity contribution in [3.8, 4) is 0 Å². The maximum atomic E-state index is 12.5. The van der Waals surface area contributed by atoms with Crippen molar-refractivity contribution in [2.24, 2.45) is 17.6 Å². The van der Waals surface area contributed by atoms with Gasteiger partial charge in [0.25, 0.3) is 0 Å². The minimum atomic E-state index is -0.221. The molecule has 0 aliphatic heterocycles. The third kappa shape index (κ3) is 2.74. The zero-order valence-corrected chi connectivity index (χ0v) is 7.77. The molecule has 0 aromatic heterocycles. The number of hydrogen-bond acceptors (Lipinski definition) is 1. The van der Waals surface area contributed by atoms with Gasteiger partial charge >= 0.3 is 0 Å². The number of alkyl halides is 1. The van der Waals surface area contributed by atoms with E-state index in [0.717, 1.165) is 0 Å². The Balaban J connectivity index is 2.35. The fourth-order valence-electron chi connectivity index (χ4n) is 2.16. The van der Waals surface area contributed by atoms with Gasteiger partial charge < -0.3 is 5.73 Å². The summed E-state index contributed by atoms with van der Waals surface area (Å²) in [6.45, 7) is 0.308. The lowest BCUT2D eigenvalue weighted by Gasteiger charge is -2.21. The van der Waals surface area contributed by atoms with Gasteiger partial charge in [0.2, 0.25) is 0 Å². The summed E-state index contributed by atoms with van der Waals surface area (Å²) in [6.07, 6.45) is 7.63. The number of hydrogen-bond donors (Lipinski definition) is 1. The summed E-state index contributed by atoms with van der Waals surface area (Å²) < 4.78 is 12.5. The van der Waals surface area contributed by atoms with Crippen molar-refractivity contribution in [1.82, 2.24) is 0 Å². The maximum Gasteiger partial charge on any atom is 0.0937 e. The van der Waals surface area contributed by atoms with Crippen LogP contribution in [0.2, 0.25) is 0 Å². The van der Waals surface area contributed by atoms with Crippen LogP contribution in [0, 0.1) is 11.8 Å². The van der Waals surface area contributed by atoms with Crippen molar-refractivity contribution in [2.45, 2.75) is 38.5 Å². The van der Waals surface area contributed by atoms with E-state index in [-0.39, 0.29) is 12.6 Å². The van der Waals surface area contributed by atoms with Gasteiger partial charge in [-0.15, -0.1) is 0 Å². The van der Waals surface area contributed by atoms with Crippen LogP contribution < -0.4 is 5.73 Å². The molecule has 1 fully saturated rings. The normalized spacial score (nSPS) is 23.5. The van der Waals surface area contributed by atoms with E-state index in [0.29, 0.717) is 12.5 Å². The van der Waals surface area contributed by atoms with Crippen molar-refractivity contribution in [2.75, 3.05) is 13.2 Å². The minimum absolute atomic E-state index is 0.142. The fourth-order valence-corrected chi connectivity index (χ4v) is 2.16. The first-order valence-electron chi connectivity index (χ1n) is 5.14. The lowest BCUT2D eigenvalue weighted by atomic mass is 9.87. The summed E-state index contributed by atoms with van der Waals surface area (Å²) in [5.74, 6) is 0.714. The van der Waals surface area contributed by atoms with Gasteiger partial charge in [-0.25, -0.2) is 0 Å². The molecule has 1 rings (SSSR count). The predicted molar refractivity (Wildman–Crippen MR) is 49.7 cm³/mol. The first kappa shape index (κ1) is 9.97. The Kier molecular flexibility index (Phi) is 4.59. The highest BCUT2D eigenvalue weighted by atomic mass is 19.1. The van der Waals surface area contributed by atoms with Crippen LogP contribution in [0.25, 0.3) is 0 Å². The van der Waals surface area contributed by atoms with E-state index in [9.17, 15) is 4.39 Å². The summed E-state index contributed by atoms with van der Waals surface area (Å²) in [6, 6.07) is 0. The second-order valence-corrected chi connectivity index (χ2v) is 3.90. The number of halogens is 1. The van der Waals surface area contributed by atoms with Crippen LogP contribution in [0.15, 0.2) is 0 Å². The third-order valence-electron chi connectivity index (χ3n) is 3.07. The van der Waals surface area contributed by atoms with E-state index in [4.69, 9.17) is 5.73 Å². The summed E-state index contributed by atoms with van der Waals surface area (Å²) >= 11 is 0. The predicted octanol–water partition coefficient (Wildman–Crippen LogP) is 2.50. The van der Waals surface area contributed by atoms with Gasteiger partial charge in [0.1, 0.15) is 0 Å². The molecule has 1 saturated carbocycles. The van der Waals surface area contributed by atoms with Crippen molar-refractivity contribution in [1.29, 1.82) is 0 Å². The van der Waals surface area contributed by atoms with Gasteiger partial charge in [-0.05, 0) is 12.5 Å². The number of rotatable bonds is 3.